The van der Waals surface area contributed by atoms with Gasteiger partial charge in [-0.1, -0.05) is 5.92 Å². The first-order chi connectivity index (χ1) is 13.9. The average molecular weight is 612 g/mol. The molecule has 0 aliphatic heterocycles. The maximum Gasteiger partial charge on any atom is 0.337 e. The summed E-state index contributed by atoms with van der Waals surface area (Å²) in [5, 5.41) is 12.0. The molecule has 2 rings (SSSR count). The van der Waals surface area contributed by atoms with Gasteiger partial charge in [0.1, 0.15) is 24.0 Å². The molecular weight excluding hydrogens is 598 g/mol. The molecular formula is C21H14I2N2O4. The fourth-order valence-electron chi connectivity index (χ4n) is 2.24. The van der Waals surface area contributed by atoms with E-state index < -0.39 is 11.9 Å². The van der Waals surface area contributed by atoms with Crippen molar-refractivity contribution in [2.45, 2.75) is 0 Å². The molecule has 0 radical (unpaired) electrons. The van der Waals surface area contributed by atoms with Gasteiger partial charge in [-0.3, -0.25) is 4.79 Å². The lowest BCUT2D eigenvalue weighted by Gasteiger charge is -2.09. The van der Waals surface area contributed by atoms with Crippen LogP contribution in [0.4, 0.5) is 5.69 Å². The van der Waals surface area contributed by atoms with Crippen LogP contribution in [0, 0.1) is 30.8 Å². The first kappa shape index (κ1) is 22.7. The van der Waals surface area contributed by atoms with Crippen molar-refractivity contribution in [2.24, 2.45) is 0 Å². The van der Waals surface area contributed by atoms with E-state index >= 15 is 0 Å². The number of anilines is 1. The molecule has 0 aliphatic carbocycles. The minimum absolute atomic E-state index is 0.0639. The Morgan fingerprint density at radius 1 is 1.21 bits per heavy atom. The largest absolute Gasteiger partial charge is 0.479 e. The van der Waals surface area contributed by atoms with Gasteiger partial charge in [-0.05, 0) is 93.2 Å². The van der Waals surface area contributed by atoms with Gasteiger partial charge in [0.15, 0.2) is 0 Å². The highest BCUT2D eigenvalue weighted by Gasteiger charge is 2.13. The van der Waals surface area contributed by atoms with Crippen molar-refractivity contribution in [1.29, 1.82) is 5.26 Å². The average Bonchev–Trinajstić information content (AvgIpc) is 2.71. The molecule has 2 aromatic rings. The summed E-state index contributed by atoms with van der Waals surface area (Å²) < 4.78 is 11.8. The highest BCUT2D eigenvalue weighted by Crippen LogP contribution is 2.30. The van der Waals surface area contributed by atoms with Gasteiger partial charge in [0.2, 0.25) is 0 Å². The van der Waals surface area contributed by atoms with Crippen molar-refractivity contribution < 1.29 is 19.1 Å². The lowest BCUT2D eigenvalue weighted by Crippen LogP contribution is -2.13. The first-order valence-corrected chi connectivity index (χ1v) is 10.2. The number of hydrogen-bond acceptors (Lipinski definition) is 5. The smallest absolute Gasteiger partial charge is 0.337 e. The molecule has 0 spiro atoms. The molecule has 29 heavy (non-hydrogen) atoms. The van der Waals surface area contributed by atoms with Crippen LogP contribution in [-0.4, -0.2) is 25.6 Å². The molecule has 2 aromatic carbocycles. The highest BCUT2D eigenvalue weighted by molar-refractivity contribution is 14.1. The normalized spacial score (nSPS) is 10.4. The molecule has 0 bridgehead atoms. The van der Waals surface area contributed by atoms with Crippen LogP contribution in [0.3, 0.4) is 0 Å². The Balaban J connectivity index is 2.21. The predicted molar refractivity (Wildman–Crippen MR) is 126 cm³/mol. The van der Waals surface area contributed by atoms with E-state index in [9.17, 15) is 14.9 Å². The Labute approximate surface area is 195 Å². The maximum atomic E-state index is 12.5. The number of amides is 1. The standard InChI is InChI=1S/C21H14I2N2O4/c1-3-8-29-19-17(22)10-13(11-18(19)23)9-15(12-24)20(26)25-16-6-4-14(5-7-16)21(27)28-2/h1,4-7,9-11H,8H2,2H3,(H,25,26)/b15-9+. The maximum absolute atomic E-state index is 12.5. The molecule has 0 heterocycles. The quantitative estimate of drug-likeness (QED) is 0.174. The van der Waals surface area contributed by atoms with Gasteiger partial charge in [-0.2, -0.15) is 5.26 Å². The third kappa shape index (κ3) is 6.21. The second-order valence-electron chi connectivity index (χ2n) is 5.50. The minimum Gasteiger partial charge on any atom is -0.479 e. The first-order valence-electron chi connectivity index (χ1n) is 8.06. The number of rotatable bonds is 6. The van der Waals surface area contributed by atoms with Crippen molar-refractivity contribution in [2.75, 3.05) is 19.0 Å². The van der Waals surface area contributed by atoms with Crippen LogP contribution < -0.4 is 10.1 Å². The van der Waals surface area contributed by atoms with Crippen molar-refractivity contribution in [3.05, 3.63) is 60.2 Å². The zero-order valence-corrected chi connectivity index (χ0v) is 19.5. The lowest BCUT2D eigenvalue weighted by molar-refractivity contribution is -0.112. The monoisotopic (exact) mass is 612 g/mol. The molecule has 8 heteroatoms. The van der Waals surface area contributed by atoms with E-state index in [-0.39, 0.29) is 12.2 Å². The number of benzene rings is 2. The number of carbonyl (C=O) groups excluding carboxylic acids is 2. The van der Waals surface area contributed by atoms with E-state index in [1.165, 1.54) is 25.3 Å². The number of esters is 1. The number of carbonyl (C=O) groups is 2. The van der Waals surface area contributed by atoms with Gasteiger partial charge in [0.05, 0.1) is 19.8 Å². The fourth-order valence-corrected chi connectivity index (χ4v) is 4.36. The molecule has 0 saturated heterocycles. The van der Waals surface area contributed by atoms with Gasteiger partial charge in [0.25, 0.3) is 5.91 Å². The zero-order valence-electron chi connectivity index (χ0n) is 15.2. The number of nitriles is 1. The third-order valence-corrected chi connectivity index (χ3v) is 5.16. The van der Waals surface area contributed by atoms with Crippen LogP contribution in [-0.2, 0) is 9.53 Å². The van der Waals surface area contributed by atoms with Crippen LogP contribution in [0.25, 0.3) is 6.08 Å². The molecule has 6 nitrogen and oxygen atoms in total. The summed E-state index contributed by atoms with van der Waals surface area (Å²) in [6.45, 7) is 0.155. The Bertz CT molecular complexity index is 1020. The summed E-state index contributed by atoms with van der Waals surface area (Å²) in [5.41, 5.74) is 1.43. The summed E-state index contributed by atoms with van der Waals surface area (Å²) in [5.74, 6) is 2.05. The van der Waals surface area contributed by atoms with E-state index in [4.69, 9.17) is 11.2 Å². The van der Waals surface area contributed by atoms with Gasteiger partial charge in [-0.15, -0.1) is 6.42 Å². The SMILES string of the molecule is C#CCOc1c(I)cc(/C=C(\C#N)C(=O)Nc2ccc(C(=O)OC)cc2)cc1I. The number of nitrogens with one attached hydrogen (secondary N) is 1. The second kappa shape index (κ2) is 10.8. The van der Waals surface area contributed by atoms with Crippen LogP contribution in [0.15, 0.2) is 42.0 Å². The van der Waals surface area contributed by atoms with Crippen molar-refractivity contribution >= 4 is 68.8 Å². The van der Waals surface area contributed by atoms with Gasteiger partial charge < -0.3 is 14.8 Å². The number of ether oxygens (including phenoxy) is 2. The molecule has 0 unspecified atom stereocenters. The van der Waals surface area contributed by atoms with Crippen molar-refractivity contribution in [3.8, 4) is 24.2 Å². The van der Waals surface area contributed by atoms with Crippen LogP contribution in [0.1, 0.15) is 15.9 Å². The van der Waals surface area contributed by atoms with E-state index in [1.807, 2.05) is 6.07 Å². The summed E-state index contributed by atoms with van der Waals surface area (Å²) in [6, 6.07) is 11.7. The molecule has 0 aliphatic rings. The van der Waals surface area contributed by atoms with Gasteiger partial charge >= 0.3 is 5.97 Å². The van der Waals surface area contributed by atoms with Crippen LogP contribution in [0.2, 0.25) is 0 Å². The van der Waals surface area contributed by atoms with Crippen molar-refractivity contribution in [3.63, 3.8) is 0 Å². The number of nitrogens with zero attached hydrogens (tertiary/aromatic N) is 1. The topological polar surface area (TPSA) is 88.4 Å². The molecule has 0 aromatic heterocycles. The predicted octanol–water partition coefficient (Wildman–Crippen LogP) is 4.24. The number of terminal acetylenes is 1. The molecule has 0 atom stereocenters. The van der Waals surface area contributed by atoms with E-state index in [0.717, 1.165) is 7.14 Å². The third-order valence-electron chi connectivity index (χ3n) is 3.56. The van der Waals surface area contributed by atoms with Crippen LogP contribution >= 0.6 is 45.2 Å². The summed E-state index contributed by atoms with van der Waals surface area (Å²) in [4.78, 5) is 23.9. The Hall–Kier alpha value is -2.57. The van der Waals surface area contributed by atoms with E-state index in [1.54, 1.807) is 24.3 Å². The Morgan fingerprint density at radius 3 is 2.34 bits per heavy atom. The molecule has 0 saturated carbocycles. The lowest BCUT2D eigenvalue weighted by atomic mass is 10.1. The van der Waals surface area contributed by atoms with E-state index in [0.29, 0.717) is 22.6 Å². The summed E-state index contributed by atoms with van der Waals surface area (Å²) in [6.07, 6.45) is 6.72. The fraction of sp³-hybridized carbons (Fsp3) is 0.0952. The molecule has 0 fully saturated rings. The van der Waals surface area contributed by atoms with Gasteiger partial charge in [-0.25, -0.2) is 4.79 Å². The van der Waals surface area contributed by atoms with Crippen molar-refractivity contribution in [1.82, 2.24) is 0 Å². The van der Waals surface area contributed by atoms with Crippen LogP contribution in [0.5, 0.6) is 5.75 Å². The second-order valence-corrected chi connectivity index (χ2v) is 7.82. The summed E-state index contributed by atoms with van der Waals surface area (Å²) in [7, 11) is 1.29. The highest BCUT2D eigenvalue weighted by atomic mass is 127. The summed E-state index contributed by atoms with van der Waals surface area (Å²) >= 11 is 4.22. The Morgan fingerprint density at radius 2 is 1.83 bits per heavy atom. The number of halogens is 2. The Kier molecular flexibility index (Phi) is 8.49. The van der Waals surface area contributed by atoms with E-state index in [2.05, 4.69) is 61.2 Å². The van der Waals surface area contributed by atoms with Gasteiger partial charge in [0, 0.05) is 5.69 Å². The minimum atomic E-state index is -0.559. The zero-order chi connectivity index (χ0) is 21.4. The molecule has 1 amide bonds. The molecule has 146 valence electrons. The number of methoxy groups -OCH3 is 1. The number of hydrogen-bond donors (Lipinski definition) is 1. The molecule has 1 N–H and O–H groups in total.